The van der Waals surface area contributed by atoms with E-state index in [1.165, 1.54) is 11.1 Å². The van der Waals surface area contributed by atoms with Gasteiger partial charge in [-0.15, -0.1) is 0 Å². The van der Waals surface area contributed by atoms with Crippen molar-refractivity contribution in [2.75, 3.05) is 14.2 Å². The number of aliphatic hydroxyl groups is 1. The van der Waals surface area contributed by atoms with Crippen LogP contribution in [0, 0.1) is 18.8 Å². The zero-order valence-electron chi connectivity index (χ0n) is 20.5. The molecule has 1 aliphatic rings. The second-order valence-corrected chi connectivity index (χ2v) is 9.35. The maximum absolute atomic E-state index is 11.6. The predicted octanol–water partition coefficient (Wildman–Crippen LogP) is 5.07. The SMILES string of the molecule is COc1cc([C@@H](O)[C@@H](CC2Cc3ccccc3C2)Cn2ccc(/C=C/C(=O)O)c2)cc(OC)c1C. The molecule has 35 heavy (non-hydrogen) atoms. The smallest absolute Gasteiger partial charge is 0.328 e. The molecule has 1 aromatic heterocycles. The minimum Gasteiger partial charge on any atom is -0.496 e. The van der Waals surface area contributed by atoms with Crippen molar-refractivity contribution < 1.29 is 24.5 Å². The van der Waals surface area contributed by atoms with Crippen LogP contribution in [0.2, 0.25) is 0 Å². The van der Waals surface area contributed by atoms with Gasteiger partial charge in [-0.2, -0.15) is 0 Å². The van der Waals surface area contributed by atoms with Crippen LogP contribution in [-0.4, -0.2) is 35.0 Å². The quantitative estimate of drug-likeness (QED) is 0.400. The Bertz CT molecular complexity index is 1160. The van der Waals surface area contributed by atoms with Crippen LogP contribution in [0.4, 0.5) is 0 Å². The summed E-state index contributed by atoms with van der Waals surface area (Å²) in [5.41, 5.74) is 5.27. The average molecular weight is 476 g/mol. The topological polar surface area (TPSA) is 80.9 Å². The highest BCUT2D eigenvalue weighted by Crippen LogP contribution is 2.39. The third-order valence-corrected chi connectivity index (χ3v) is 6.97. The number of hydrogen-bond acceptors (Lipinski definition) is 4. The molecule has 1 heterocycles. The molecule has 0 saturated carbocycles. The predicted molar refractivity (Wildman–Crippen MR) is 136 cm³/mol. The number of ether oxygens (including phenoxy) is 2. The maximum Gasteiger partial charge on any atom is 0.328 e. The minimum atomic E-state index is -0.978. The van der Waals surface area contributed by atoms with Gasteiger partial charge in [-0.05, 0) is 78.6 Å². The lowest BCUT2D eigenvalue weighted by atomic mass is 9.85. The first-order valence-electron chi connectivity index (χ1n) is 11.9. The van der Waals surface area contributed by atoms with E-state index in [9.17, 15) is 9.90 Å². The number of carboxylic acids is 1. The van der Waals surface area contributed by atoms with E-state index in [0.717, 1.165) is 42.0 Å². The lowest BCUT2D eigenvalue weighted by Gasteiger charge is -2.27. The number of carbonyl (C=O) groups is 1. The molecule has 0 fully saturated rings. The van der Waals surface area contributed by atoms with Gasteiger partial charge in [0, 0.05) is 36.5 Å². The van der Waals surface area contributed by atoms with Crippen LogP contribution < -0.4 is 9.47 Å². The van der Waals surface area contributed by atoms with Crippen LogP contribution in [0.15, 0.2) is 60.9 Å². The van der Waals surface area contributed by atoms with Crippen molar-refractivity contribution in [3.8, 4) is 11.5 Å². The summed E-state index contributed by atoms with van der Waals surface area (Å²) < 4.78 is 13.1. The standard InChI is InChI=1S/C29H33NO5/c1-19-26(34-2)15-24(16-27(19)35-3)29(33)25(14-21-12-22-6-4-5-7-23(22)13-21)18-30-11-10-20(17-30)8-9-28(31)32/h4-11,15-17,21,25,29,33H,12-14,18H2,1-3H3,(H,31,32)/b9-8+/t25-,29+/m0/s1. The number of methoxy groups -OCH3 is 2. The lowest BCUT2D eigenvalue weighted by molar-refractivity contribution is -0.131. The van der Waals surface area contributed by atoms with Gasteiger partial charge < -0.3 is 24.3 Å². The number of rotatable bonds is 10. The van der Waals surface area contributed by atoms with Crippen molar-refractivity contribution in [3.05, 3.63) is 88.8 Å². The van der Waals surface area contributed by atoms with E-state index < -0.39 is 12.1 Å². The number of fused-ring (bicyclic) bond motifs is 1. The molecule has 0 saturated heterocycles. The highest BCUT2D eigenvalue weighted by atomic mass is 16.5. The van der Waals surface area contributed by atoms with Crippen molar-refractivity contribution in [1.82, 2.24) is 4.57 Å². The zero-order chi connectivity index (χ0) is 24.9. The number of nitrogens with zero attached hydrogens (tertiary/aromatic N) is 1. The van der Waals surface area contributed by atoms with E-state index in [-0.39, 0.29) is 5.92 Å². The summed E-state index contributed by atoms with van der Waals surface area (Å²) in [6, 6.07) is 14.2. The van der Waals surface area contributed by atoms with Gasteiger partial charge in [-0.25, -0.2) is 4.79 Å². The van der Waals surface area contributed by atoms with Crippen LogP contribution in [0.25, 0.3) is 6.08 Å². The van der Waals surface area contributed by atoms with E-state index in [1.54, 1.807) is 20.3 Å². The zero-order valence-corrected chi connectivity index (χ0v) is 20.5. The fourth-order valence-corrected chi connectivity index (χ4v) is 5.21. The summed E-state index contributed by atoms with van der Waals surface area (Å²) in [6.07, 6.45) is 8.71. The van der Waals surface area contributed by atoms with Crippen molar-refractivity contribution in [3.63, 3.8) is 0 Å². The summed E-state index contributed by atoms with van der Waals surface area (Å²) in [4.78, 5) is 10.9. The van der Waals surface area contributed by atoms with Crippen LogP contribution in [0.1, 0.15) is 40.3 Å². The third kappa shape index (κ3) is 5.77. The van der Waals surface area contributed by atoms with E-state index in [2.05, 4.69) is 24.3 Å². The summed E-state index contributed by atoms with van der Waals surface area (Å²) >= 11 is 0. The average Bonchev–Trinajstić information content (AvgIpc) is 3.48. The van der Waals surface area contributed by atoms with E-state index in [1.807, 2.05) is 42.1 Å². The molecule has 4 rings (SSSR count). The normalized spacial score (nSPS) is 15.2. The highest BCUT2D eigenvalue weighted by molar-refractivity contribution is 5.85. The summed E-state index contributed by atoms with van der Waals surface area (Å²) in [5.74, 6) is 0.785. The molecule has 0 amide bonds. The highest BCUT2D eigenvalue weighted by Gasteiger charge is 2.30. The van der Waals surface area contributed by atoms with Gasteiger partial charge in [0.05, 0.1) is 20.3 Å². The van der Waals surface area contributed by atoms with E-state index in [4.69, 9.17) is 14.6 Å². The molecule has 1 aliphatic carbocycles. The molecule has 2 atom stereocenters. The number of aliphatic carboxylic acids is 1. The number of hydrogen-bond donors (Lipinski definition) is 2. The fourth-order valence-electron chi connectivity index (χ4n) is 5.21. The Kier molecular flexibility index (Phi) is 7.61. The van der Waals surface area contributed by atoms with Gasteiger partial charge in [0.1, 0.15) is 11.5 Å². The van der Waals surface area contributed by atoms with Gasteiger partial charge in [0.25, 0.3) is 0 Å². The Labute approximate surface area is 206 Å². The largest absolute Gasteiger partial charge is 0.496 e. The molecule has 0 aliphatic heterocycles. The third-order valence-electron chi connectivity index (χ3n) is 6.97. The Morgan fingerprint density at radius 1 is 1.11 bits per heavy atom. The molecule has 6 nitrogen and oxygen atoms in total. The molecule has 2 aromatic carbocycles. The van der Waals surface area contributed by atoms with Gasteiger partial charge in [-0.1, -0.05) is 24.3 Å². The van der Waals surface area contributed by atoms with Gasteiger partial charge in [0.15, 0.2) is 0 Å². The van der Waals surface area contributed by atoms with E-state index in [0.29, 0.717) is 24.0 Å². The second kappa shape index (κ2) is 10.8. The molecule has 0 radical (unpaired) electrons. The fraction of sp³-hybridized carbons (Fsp3) is 0.345. The van der Waals surface area contributed by atoms with Gasteiger partial charge in [0.2, 0.25) is 0 Å². The molecule has 0 unspecified atom stereocenters. The Hall–Kier alpha value is -3.51. The lowest BCUT2D eigenvalue weighted by Crippen LogP contribution is -2.22. The molecule has 184 valence electrons. The van der Waals surface area contributed by atoms with Crippen molar-refractivity contribution in [1.29, 1.82) is 0 Å². The number of aliphatic hydroxyl groups excluding tert-OH is 1. The summed E-state index contributed by atoms with van der Waals surface area (Å²) in [5, 5.41) is 20.5. The Morgan fingerprint density at radius 2 is 1.74 bits per heavy atom. The van der Waals surface area contributed by atoms with Crippen LogP contribution >= 0.6 is 0 Å². The summed E-state index contributed by atoms with van der Waals surface area (Å²) in [6.45, 7) is 2.54. The first kappa shape index (κ1) is 24.6. The second-order valence-electron chi connectivity index (χ2n) is 9.35. The van der Waals surface area contributed by atoms with E-state index >= 15 is 0 Å². The van der Waals surface area contributed by atoms with Crippen molar-refractivity contribution in [2.45, 2.75) is 38.8 Å². The molecule has 0 bridgehead atoms. The van der Waals surface area contributed by atoms with Crippen LogP contribution in [-0.2, 0) is 24.2 Å². The maximum atomic E-state index is 11.6. The first-order valence-corrected chi connectivity index (χ1v) is 11.9. The molecule has 0 spiro atoms. The monoisotopic (exact) mass is 475 g/mol. The molecule has 3 aromatic rings. The number of aromatic nitrogens is 1. The molecular formula is C29H33NO5. The molecule has 2 N–H and O–H groups in total. The van der Waals surface area contributed by atoms with Crippen LogP contribution in [0.5, 0.6) is 11.5 Å². The number of carboxylic acid groups (broad SMARTS) is 1. The Balaban J connectivity index is 1.60. The minimum absolute atomic E-state index is 0.0601. The van der Waals surface area contributed by atoms with Crippen molar-refractivity contribution >= 4 is 12.0 Å². The number of benzene rings is 2. The van der Waals surface area contributed by atoms with Crippen molar-refractivity contribution in [2.24, 2.45) is 11.8 Å². The Morgan fingerprint density at radius 3 is 2.31 bits per heavy atom. The molecular weight excluding hydrogens is 442 g/mol. The van der Waals surface area contributed by atoms with Gasteiger partial charge in [-0.3, -0.25) is 0 Å². The van der Waals surface area contributed by atoms with Gasteiger partial charge >= 0.3 is 5.97 Å². The summed E-state index contributed by atoms with van der Waals surface area (Å²) in [7, 11) is 3.24. The first-order chi connectivity index (χ1) is 16.9. The van der Waals surface area contributed by atoms with Crippen LogP contribution in [0.3, 0.4) is 0 Å². The molecule has 6 heteroatoms.